The molecule has 1 aromatic carbocycles. The summed E-state index contributed by atoms with van der Waals surface area (Å²) in [7, 11) is 0. The zero-order valence-electron chi connectivity index (χ0n) is 18.0. The first-order valence-electron chi connectivity index (χ1n) is 10.6. The van der Waals surface area contributed by atoms with Crippen molar-refractivity contribution in [3.05, 3.63) is 63.6 Å². The minimum atomic E-state index is -0.0880. The molecule has 0 amide bonds. The first-order valence-corrected chi connectivity index (χ1v) is 12.4. The fourth-order valence-electron chi connectivity index (χ4n) is 4.14. The van der Waals surface area contributed by atoms with Gasteiger partial charge in [0.2, 0.25) is 0 Å². The second-order valence-corrected chi connectivity index (χ2v) is 10.1. The number of fused-ring (bicyclic) bond motifs is 3. The molecule has 1 aliphatic rings. The fourth-order valence-corrected chi connectivity index (χ4v) is 6.05. The van der Waals surface area contributed by atoms with Crippen molar-refractivity contribution in [3.8, 4) is 0 Å². The minimum Gasteiger partial charge on any atom is -0.376 e. The summed E-state index contributed by atoms with van der Waals surface area (Å²) in [5.41, 5.74) is 3.37. The van der Waals surface area contributed by atoms with E-state index in [1.54, 1.807) is 10.8 Å². The third-order valence-electron chi connectivity index (χ3n) is 5.74. The number of rotatable bonds is 6. The number of thioether (sulfide) groups is 1. The average molecular weight is 466 g/mol. The van der Waals surface area contributed by atoms with Gasteiger partial charge in [-0.2, -0.15) is 0 Å². The number of carbonyl (C=O) groups is 1. The lowest BCUT2D eigenvalue weighted by molar-refractivity contribution is 0.0938. The lowest BCUT2D eigenvalue weighted by Gasteiger charge is -2.15. The minimum absolute atomic E-state index is 0.00570. The van der Waals surface area contributed by atoms with Crippen LogP contribution in [0.15, 0.2) is 46.5 Å². The van der Waals surface area contributed by atoms with Crippen molar-refractivity contribution in [1.29, 1.82) is 0 Å². The first-order chi connectivity index (χ1) is 15.5. The molecule has 0 N–H and O–H groups in total. The molecule has 0 saturated carbocycles. The Morgan fingerprint density at radius 2 is 2.19 bits per heavy atom. The molecule has 0 spiro atoms. The highest BCUT2D eigenvalue weighted by atomic mass is 32.2. The molecule has 164 valence electrons. The van der Waals surface area contributed by atoms with E-state index in [4.69, 9.17) is 9.72 Å². The lowest BCUT2D eigenvalue weighted by Crippen LogP contribution is -2.28. The predicted molar refractivity (Wildman–Crippen MR) is 129 cm³/mol. The SMILES string of the molecule is Cc1ccc(C(=O)CSc2nc3c(sc4ncccc43)c(=O)n2CC2CCCO2)c(C)c1. The van der Waals surface area contributed by atoms with Crippen molar-refractivity contribution in [2.24, 2.45) is 0 Å². The van der Waals surface area contributed by atoms with Crippen molar-refractivity contribution in [2.45, 2.75) is 44.5 Å². The Hall–Kier alpha value is -2.55. The summed E-state index contributed by atoms with van der Waals surface area (Å²) in [6, 6.07) is 9.63. The molecule has 6 nitrogen and oxygen atoms in total. The number of aromatic nitrogens is 3. The Morgan fingerprint density at radius 1 is 1.31 bits per heavy atom. The summed E-state index contributed by atoms with van der Waals surface area (Å²) >= 11 is 2.69. The molecule has 0 bridgehead atoms. The number of thiophene rings is 1. The van der Waals surface area contributed by atoms with E-state index in [1.807, 2.05) is 44.2 Å². The number of ether oxygens (including phenoxy) is 1. The van der Waals surface area contributed by atoms with Crippen molar-refractivity contribution in [1.82, 2.24) is 14.5 Å². The van der Waals surface area contributed by atoms with Crippen LogP contribution >= 0.6 is 23.1 Å². The van der Waals surface area contributed by atoms with Gasteiger partial charge in [0.25, 0.3) is 5.56 Å². The van der Waals surface area contributed by atoms with E-state index in [2.05, 4.69) is 4.98 Å². The van der Waals surface area contributed by atoms with Gasteiger partial charge in [-0.15, -0.1) is 11.3 Å². The fraction of sp³-hybridized carbons (Fsp3) is 0.333. The van der Waals surface area contributed by atoms with Crippen LogP contribution in [0.4, 0.5) is 0 Å². The monoisotopic (exact) mass is 465 g/mol. The zero-order chi connectivity index (χ0) is 22.2. The van der Waals surface area contributed by atoms with Gasteiger partial charge in [0.1, 0.15) is 9.53 Å². The van der Waals surface area contributed by atoms with Gasteiger partial charge in [-0.25, -0.2) is 9.97 Å². The highest BCUT2D eigenvalue weighted by molar-refractivity contribution is 7.99. The molecule has 4 heterocycles. The summed E-state index contributed by atoms with van der Waals surface area (Å²) in [5.74, 6) is 0.246. The molecule has 0 aliphatic carbocycles. The molecule has 0 radical (unpaired) electrons. The van der Waals surface area contributed by atoms with Gasteiger partial charge in [-0.1, -0.05) is 35.5 Å². The van der Waals surface area contributed by atoms with Gasteiger partial charge >= 0.3 is 0 Å². The van der Waals surface area contributed by atoms with Crippen molar-refractivity contribution in [3.63, 3.8) is 0 Å². The highest BCUT2D eigenvalue weighted by Gasteiger charge is 2.23. The van der Waals surface area contributed by atoms with Crippen LogP contribution < -0.4 is 5.56 Å². The summed E-state index contributed by atoms with van der Waals surface area (Å²) in [6.45, 7) is 5.13. The van der Waals surface area contributed by atoms with Gasteiger partial charge in [-0.3, -0.25) is 14.2 Å². The van der Waals surface area contributed by atoms with E-state index in [9.17, 15) is 9.59 Å². The Bertz CT molecular complexity index is 1390. The Morgan fingerprint density at radius 3 is 2.97 bits per heavy atom. The maximum absolute atomic E-state index is 13.5. The second kappa shape index (κ2) is 8.77. The van der Waals surface area contributed by atoms with E-state index in [0.717, 1.165) is 40.8 Å². The van der Waals surface area contributed by atoms with E-state index in [-0.39, 0.29) is 23.2 Å². The smallest absolute Gasteiger partial charge is 0.272 e. The second-order valence-electron chi connectivity index (χ2n) is 8.11. The van der Waals surface area contributed by atoms with Crippen LogP contribution in [0.2, 0.25) is 0 Å². The van der Waals surface area contributed by atoms with Crippen LogP contribution in [-0.2, 0) is 11.3 Å². The normalized spacial score (nSPS) is 16.2. The molecule has 1 unspecified atom stereocenters. The van der Waals surface area contributed by atoms with Gasteiger partial charge in [0, 0.05) is 23.8 Å². The van der Waals surface area contributed by atoms with E-state index >= 15 is 0 Å². The predicted octanol–water partition coefficient (Wildman–Crippen LogP) is 4.78. The average Bonchev–Trinajstić information content (AvgIpc) is 3.42. The van der Waals surface area contributed by atoms with Crippen LogP contribution in [0.1, 0.15) is 34.3 Å². The number of ketones is 1. The molecular weight excluding hydrogens is 442 g/mol. The molecule has 4 aromatic rings. The molecule has 1 aliphatic heterocycles. The highest BCUT2D eigenvalue weighted by Crippen LogP contribution is 2.31. The first kappa shape index (κ1) is 21.3. The number of Topliss-reactive ketones (excluding diaryl/α,β-unsaturated/α-hetero) is 1. The molecule has 1 saturated heterocycles. The van der Waals surface area contributed by atoms with Crippen molar-refractivity contribution >= 4 is 49.3 Å². The lowest BCUT2D eigenvalue weighted by atomic mass is 10.0. The maximum Gasteiger partial charge on any atom is 0.272 e. The van der Waals surface area contributed by atoms with Crippen LogP contribution in [0.5, 0.6) is 0 Å². The van der Waals surface area contributed by atoms with Crippen LogP contribution in [0, 0.1) is 13.8 Å². The third-order valence-corrected chi connectivity index (χ3v) is 7.81. The Labute approximate surface area is 193 Å². The van der Waals surface area contributed by atoms with Crippen molar-refractivity contribution < 1.29 is 9.53 Å². The van der Waals surface area contributed by atoms with E-state index in [1.165, 1.54) is 23.1 Å². The Balaban J connectivity index is 1.54. The van der Waals surface area contributed by atoms with Crippen molar-refractivity contribution in [2.75, 3.05) is 12.4 Å². The van der Waals surface area contributed by atoms with Crippen LogP contribution in [0.25, 0.3) is 20.4 Å². The maximum atomic E-state index is 13.5. The number of carbonyl (C=O) groups excluding carboxylic acids is 1. The molecule has 5 rings (SSSR count). The van der Waals surface area contributed by atoms with Gasteiger partial charge < -0.3 is 4.74 Å². The number of hydrogen-bond donors (Lipinski definition) is 0. The molecule has 32 heavy (non-hydrogen) atoms. The number of pyridine rings is 1. The summed E-state index contributed by atoms with van der Waals surface area (Å²) in [5, 5.41) is 1.43. The number of aryl methyl sites for hydroxylation is 2. The van der Waals surface area contributed by atoms with Crippen LogP contribution in [0.3, 0.4) is 0 Å². The molecule has 8 heteroatoms. The zero-order valence-corrected chi connectivity index (χ0v) is 19.6. The summed E-state index contributed by atoms with van der Waals surface area (Å²) in [4.78, 5) is 36.5. The molecule has 3 aromatic heterocycles. The summed E-state index contributed by atoms with van der Waals surface area (Å²) in [6.07, 6.45) is 3.63. The standard InChI is InChI=1S/C24H23N3O3S2/c1-14-7-8-17(15(2)11-14)19(28)13-31-24-26-20-18-6-3-9-25-22(18)32-21(20)23(29)27(24)12-16-5-4-10-30-16/h3,6-9,11,16H,4-5,10,12-13H2,1-2H3. The largest absolute Gasteiger partial charge is 0.376 e. The van der Waals surface area contributed by atoms with E-state index < -0.39 is 0 Å². The van der Waals surface area contributed by atoms with Gasteiger partial charge in [0.15, 0.2) is 10.9 Å². The quantitative estimate of drug-likeness (QED) is 0.232. The number of nitrogens with zero attached hydrogens (tertiary/aromatic N) is 3. The van der Waals surface area contributed by atoms with Gasteiger partial charge in [0.05, 0.1) is 23.9 Å². The number of hydrogen-bond acceptors (Lipinski definition) is 7. The van der Waals surface area contributed by atoms with E-state index in [0.29, 0.717) is 27.5 Å². The Kier molecular flexibility index (Phi) is 5.84. The summed E-state index contributed by atoms with van der Waals surface area (Å²) < 4.78 is 8.07. The number of benzene rings is 1. The van der Waals surface area contributed by atoms with Gasteiger partial charge in [-0.05, 0) is 44.4 Å². The molecule has 1 fully saturated rings. The molecular formula is C24H23N3O3S2. The molecule has 1 atom stereocenters. The topological polar surface area (TPSA) is 74.1 Å². The van der Waals surface area contributed by atoms with Crippen LogP contribution in [-0.4, -0.2) is 38.8 Å². The third kappa shape index (κ3) is 3.98.